The lowest BCUT2D eigenvalue weighted by Crippen LogP contribution is -2.30. The number of rotatable bonds is 79. The third kappa shape index (κ3) is 72.4. The number of carbonyl (C=O) groups is 4. The average molecular weight is 1440 g/mol. The van der Waals surface area contributed by atoms with Gasteiger partial charge in [-0.15, -0.1) is 0 Å². The maximum atomic E-state index is 13.1. The van der Waals surface area contributed by atoms with E-state index in [1.54, 1.807) is 0 Å². The molecule has 17 nitrogen and oxygen atoms in total. The Morgan fingerprint density at radius 3 is 0.694 bits per heavy atom. The Morgan fingerprint density at radius 1 is 0.276 bits per heavy atom. The molecule has 0 aromatic carbocycles. The van der Waals surface area contributed by atoms with E-state index in [9.17, 15) is 43.2 Å². The van der Waals surface area contributed by atoms with Crippen molar-refractivity contribution in [3.63, 3.8) is 0 Å². The van der Waals surface area contributed by atoms with Crippen LogP contribution in [-0.2, 0) is 65.4 Å². The Bertz CT molecular complexity index is 1870. The normalized spacial score (nSPS) is 13.9. The van der Waals surface area contributed by atoms with E-state index >= 15 is 0 Å². The summed E-state index contributed by atoms with van der Waals surface area (Å²) in [5.74, 6) is -1.34. The van der Waals surface area contributed by atoms with Crippen molar-refractivity contribution in [1.29, 1.82) is 0 Å². The van der Waals surface area contributed by atoms with Gasteiger partial charge in [0.25, 0.3) is 0 Å². The minimum atomic E-state index is -4.96. The molecule has 0 saturated carbocycles. The number of unbranched alkanes of at least 4 members (excludes halogenated alkanes) is 51. The molecule has 3 N–H and O–H groups in total. The second-order valence-electron chi connectivity index (χ2n) is 28.9. The van der Waals surface area contributed by atoms with E-state index in [1.165, 1.54) is 244 Å². The van der Waals surface area contributed by atoms with Gasteiger partial charge in [-0.25, -0.2) is 9.13 Å². The standard InChI is InChI=1S/C79H154O17P2/c1-6-9-12-15-18-21-24-26-28-30-31-33-35-39-44-49-54-59-64-78(83)95-75(69-90-77(82)63-58-53-48-43-38-34-32-29-27-25-22-19-16-13-10-7-2)71-94-98(87,88)92-67-73(80)66-91-97(85,86)93-70-74(68-89-76(81)62-57-52-47-42-23-20-17-14-11-8-3)96-79(84)65-60-55-50-45-40-36-37-41-46-51-56-61-72(4)5/h72-75,80H,6-71H2,1-5H3,(H,85,86)(H,87,88)/t73-,74+,75+/m0/s1. The van der Waals surface area contributed by atoms with Crippen LogP contribution < -0.4 is 0 Å². The van der Waals surface area contributed by atoms with Crippen LogP contribution in [0, 0.1) is 5.92 Å². The SMILES string of the molecule is CCCCCCCCCCCCCCCCCCCCC(=O)O[C@H](COC(=O)CCCCCCCCCCCCCCCCCC)COP(=O)(O)OC[C@@H](O)COP(=O)(O)OC[C@@H](COC(=O)CCCCCCCCCCCC)OC(=O)CCCCCCCCCCCCCC(C)C. The molecule has 0 amide bonds. The summed E-state index contributed by atoms with van der Waals surface area (Å²) in [6.07, 6.45) is 62.3. The van der Waals surface area contributed by atoms with Gasteiger partial charge in [-0.05, 0) is 31.6 Å². The van der Waals surface area contributed by atoms with Crippen molar-refractivity contribution in [3.05, 3.63) is 0 Å². The van der Waals surface area contributed by atoms with Crippen LogP contribution in [0.2, 0.25) is 0 Å². The second kappa shape index (κ2) is 72.0. The highest BCUT2D eigenvalue weighted by Crippen LogP contribution is 2.45. The maximum absolute atomic E-state index is 13.1. The third-order valence-electron chi connectivity index (χ3n) is 18.5. The third-order valence-corrected chi connectivity index (χ3v) is 20.4. The Balaban J connectivity index is 5.24. The van der Waals surface area contributed by atoms with Gasteiger partial charge in [0.1, 0.15) is 19.3 Å². The van der Waals surface area contributed by atoms with E-state index in [-0.39, 0.29) is 25.7 Å². The molecule has 0 aliphatic carbocycles. The first-order chi connectivity index (χ1) is 47.5. The number of phosphoric acid groups is 2. The Labute approximate surface area is 600 Å². The van der Waals surface area contributed by atoms with Crippen molar-refractivity contribution < 1.29 is 80.2 Å². The van der Waals surface area contributed by atoms with E-state index in [1.807, 2.05) is 0 Å². The van der Waals surface area contributed by atoms with Crippen LogP contribution in [0.15, 0.2) is 0 Å². The molecule has 0 saturated heterocycles. The number of carbonyl (C=O) groups excluding carboxylic acids is 4. The van der Waals surface area contributed by atoms with Gasteiger partial charge in [0, 0.05) is 25.7 Å². The lowest BCUT2D eigenvalue weighted by atomic mass is 10.0. The molecule has 0 aromatic heterocycles. The lowest BCUT2D eigenvalue weighted by Gasteiger charge is -2.21. The van der Waals surface area contributed by atoms with Gasteiger partial charge >= 0.3 is 39.5 Å². The number of hydrogen-bond donors (Lipinski definition) is 3. The topological polar surface area (TPSA) is 237 Å². The van der Waals surface area contributed by atoms with Gasteiger partial charge in [0.2, 0.25) is 0 Å². The summed E-state index contributed by atoms with van der Waals surface area (Å²) < 4.78 is 68.6. The summed E-state index contributed by atoms with van der Waals surface area (Å²) in [6, 6.07) is 0. The first-order valence-electron chi connectivity index (χ1n) is 41.1. The zero-order valence-corrected chi connectivity index (χ0v) is 65.7. The largest absolute Gasteiger partial charge is 0.472 e. The summed E-state index contributed by atoms with van der Waals surface area (Å²) in [5.41, 5.74) is 0. The molecule has 2 unspecified atom stereocenters. The molecule has 0 spiro atoms. The van der Waals surface area contributed by atoms with Crippen LogP contribution in [0.3, 0.4) is 0 Å². The Hall–Kier alpha value is -1.94. The van der Waals surface area contributed by atoms with Gasteiger partial charge in [0.15, 0.2) is 12.2 Å². The smallest absolute Gasteiger partial charge is 0.462 e. The van der Waals surface area contributed by atoms with Crippen LogP contribution in [0.5, 0.6) is 0 Å². The zero-order valence-electron chi connectivity index (χ0n) is 63.9. The van der Waals surface area contributed by atoms with Crippen LogP contribution in [0.25, 0.3) is 0 Å². The van der Waals surface area contributed by atoms with Crippen molar-refractivity contribution in [2.24, 2.45) is 5.92 Å². The van der Waals surface area contributed by atoms with Gasteiger partial charge in [0.05, 0.1) is 26.4 Å². The van der Waals surface area contributed by atoms with Gasteiger partial charge in [-0.3, -0.25) is 37.3 Å². The summed E-state index contributed by atoms with van der Waals surface area (Å²) in [6.45, 7) is 7.31. The molecule has 0 radical (unpaired) electrons. The average Bonchev–Trinajstić information content (AvgIpc) is 1.22. The Kier molecular flexibility index (Phi) is 70.6. The molecule has 5 atom stereocenters. The molecule has 582 valence electrons. The van der Waals surface area contributed by atoms with Crippen LogP contribution >= 0.6 is 15.6 Å². The number of aliphatic hydroxyl groups excluding tert-OH is 1. The molecule has 0 aliphatic heterocycles. The van der Waals surface area contributed by atoms with Crippen LogP contribution in [0.4, 0.5) is 0 Å². The first kappa shape index (κ1) is 96.1. The lowest BCUT2D eigenvalue weighted by molar-refractivity contribution is -0.161. The maximum Gasteiger partial charge on any atom is 0.472 e. The zero-order chi connectivity index (χ0) is 71.9. The van der Waals surface area contributed by atoms with Gasteiger partial charge in [-0.2, -0.15) is 0 Å². The number of esters is 4. The van der Waals surface area contributed by atoms with E-state index in [2.05, 4.69) is 34.6 Å². The number of phosphoric ester groups is 2. The van der Waals surface area contributed by atoms with Crippen molar-refractivity contribution in [2.75, 3.05) is 39.6 Å². The fourth-order valence-electron chi connectivity index (χ4n) is 12.2. The molecule has 0 fully saturated rings. The number of aliphatic hydroxyl groups is 1. The summed E-state index contributed by atoms with van der Waals surface area (Å²) >= 11 is 0. The Morgan fingerprint density at radius 2 is 0.469 bits per heavy atom. The van der Waals surface area contributed by atoms with Crippen LogP contribution in [0.1, 0.15) is 420 Å². The molecule has 0 aromatic rings. The van der Waals surface area contributed by atoms with Crippen molar-refractivity contribution in [1.82, 2.24) is 0 Å². The number of ether oxygens (including phenoxy) is 4. The van der Waals surface area contributed by atoms with Crippen LogP contribution in [-0.4, -0.2) is 96.7 Å². The molecule has 19 heteroatoms. The monoisotopic (exact) mass is 1440 g/mol. The molecule has 0 heterocycles. The molecule has 0 aliphatic rings. The fourth-order valence-corrected chi connectivity index (χ4v) is 13.8. The molecular weight excluding hydrogens is 1280 g/mol. The fraction of sp³-hybridized carbons (Fsp3) is 0.949. The molecular formula is C79H154O17P2. The second-order valence-corrected chi connectivity index (χ2v) is 31.8. The van der Waals surface area contributed by atoms with E-state index in [0.717, 1.165) is 95.8 Å². The minimum absolute atomic E-state index is 0.107. The van der Waals surface area contributed by atoms with Crippen molar-refractivity contribution in [3.8, 4) is 0 Å². The number of hydrogen-bond acceptors (Lipinski definition) is 15. The highest BCUT2D eigenvalue weighted by atomic mass is 31.2. The highest BCUT2D eigenvalue weighted by Gasteiger charge is 2.30. The quantitative estimate of drug-likeness (QED) is 0.0222. The first-order valence-corrected chi connectivity index (χ1v) is 44.1. The van der Waals surface area contributed by atoms with Gasteiger partial charge in [-0.1, -0.05) is 369 Å². The highest BCUT2D eigenvalue weighted by molar-refractivity contribution is 7.47. The molecule has 0 rings (SSSR count). The van der Waals surface area contributed by atoms with E-state index in [4.69, 9.17) is 37.0 Å². The molecule has 98 heavy (non-hydrogen) atoms. The van der Waals surface area contributed by atoms with E-state index in [0.29, 0.717) is 25.7 Å². The predicted molar refractivity (Wildman–Crippen MR) is 400 cm³/mol. The summed E-state index contributed by atoms with van der Waals surface area (Å²) in [7, 11) is -9.91. The molecule has 0 bridgehead atoms. The van der Waals surface area contributed by atoms with Crippen molar-refractivity contribution >= 4 is 39.5 Å². The van der Waals surface area contributed by atoms with Crippen molar-refractivity contribution in [2.45, 2.75) is 438 Å². The van der Waals surface area contributed by atoms with Gasteiger partial charge < -0.3 is 33.8 Å². The summed E-state index contributed by atoms with van der Waals surface area (Å²) in [4.78, 5) is 72.9. The minimum Gasteiger partial charge on any atom is -0.462 e. The predicted octanol–water partition coefficient (Wildman–Crippen LogP) is 23.6. The summed E-state index contributed by atoms with van der Waals surface area (Å²) in [5, 5.41) is 10.6. The van der Waals surface area contributed by atoms with E-state index < -0.39 is 97.5 Å².